The molecule has 0 N–H and O–H groups in total. The first-order valence-corrected chi connectivity index (χ1v) is 33.2. The second-order valence-electron chi connectivity index (χ2n) is 26.6. The molecule has 2 aliphatic heterocycles. The van der Waals surface area contributed by atoms with Gasteiger partial charge in [0.05, 0.1) is 37.6 Å². The Morgan fingerprint density at radius 2 is 0.648 bits per heavy atom. The fourth-order valence-corrected chi connectivity index (χ4v) is 10.9. The highest BCUT2D eigenvalue weighted by Gasteiger charge is 2.62. The Hall–Kier alpha value is -6.78. The molecule has 4 aromatic carbocycles. The van der Waals surface area contributed by atoms with Crippen molar-refractivity contribution < 1.29 is 38.8 Å². The number of hydrogen-bond acceptors (Lipinski definition) is 8. The summed E-state index contributed by atoms with van der Waals surface area (Å²) in [6, 6.07) is 22.9. The topological polar surface area (TPSA) is 135 Å². The highest BCUT2D eigenvalue weighted by Crippen LogP contribution is 2.43. The summed E-state index contributed by atoms with van der Waals surface area (Å²) in [5.41, 5.74) is 1.16. The van der Waals surface area contributed by atoms with Crippen molar-refractivity contribution in [3.05, 3.63) is 128 Å². The fraction of sp³-hybridized carbons (Fsp3) is 0.579. The van der Waals surface area contributed by atoms with Crippen LogP contribution in [-0.2, 0) is 10.4 Å². The van der Waals surface area contributed by atoms with Gasteiger partial charge in [0.1, 0.15) is 45.2 Å². The van der Waals surface area contributed by atoms with Crippen LogP contribution in [0.2, 0.25) is 0 Å². The molecule has 0 spiro atoms. The zero-order valence-corrected chi connectivity index (χ0v) is 56.4. The summed E-state index contributed by atoms with van der Waals surface area (Å²) in [6.07, 6.45) is 16.6. The van der Waals surface area contributed by atoms with Gasteiger partial charge in [0.15, 0.2) is 11.1 Å². The van der Waals surface area contributed by atoms with E-state index in [-0.39, 0.29) is 11.7 Å². The van der Waals surface area contributed by atoms with Crippen molar-refractivity contribution in [3.8, 4) is 58.5 Å². The van der Waals surface area contributed by atoms with E-state index in [4.69, 9.17) is 18.9 Å². The van der Waals surface area contributed by atoms with E-state index in [0.29, 0.717) is 95.4 Å². The van der Waals surface area contributed by atoms with Crippen LogP contribution in [0, 0.1) is 69.6 Å². The minimum absolute atomic E-state index is 0.0102. The Balaban J connectivity index is 1.32. The van der Waals surface area contributed by atoms with Crippen LogP contribution in [0.5, 0.6) is 23.0 Å². The molecule has 0 aliphatic carbocycles. The van der Waals surface area contributed by atoms with Crippen LogP contribution in [0.4, 0.5) is 0 Å². The smallest absolute Gasteiger partial charge is 0.320 e. The van der Waals surface area contributed by atoms with Crippen molar-refractivity contribution in [3.63, 3.8) is 0 Å². The van der Waals surface area contributed by atoms with E-state index in [0.717, 1.165) is 145 Å². The molecule has 0 fully saturated rings. The van der Waals surface area contributed by atoms with Crippen molar-refractivity contribution in [1.29, 1.82) is 0 Å². The summed E-state index contributed by atoms with van der Waals surface area (Å²) >= 11 is 0. The molecule has 2 radical (unpaired) electrons. The van der Waals surface area contributed by atoms with Gasteiger partial charge in [0.2, 0.25) is 0 Å². The van der Waals surface area contributed by atoms with E-state index in [2.05, 4.69) is 90.9 Å². The normalized spacial score (nSPS) is 16.8. The van der Waals surface area contributed by atoms with E-state index in [1.54, 1.807) is 67.5 Å². The molecule has 4 aromatic rings. The first kappa shape index (κ1) is 70.3. The van der Waals surface area contributed by atoms with E-state index in [9.17, 15) is 20.8 Å². The first-order valence-electron chi connectivity index (χ1n) is 33.2. The molecule has 88 heavy (non-hydrogen) atoms. The van der Waals surface area contributed by atoms with Crippen LogP contribution < -0.4 is 18.9 Å². The third-order valence-electron chi connectivity index (χ3n) is 19.3. The molecule has 12 nitrogen and oxygen atoms in total. The van der Waals surface area contributed by atoms with Crippen LogP contribution in [0.15, 0.2) is 72.8 Å². The molecule has 12 heteroatoms. The summed E-state index contributed by atoms with van der Waals surface area (Å²) in [6.45, 7) is 33.7. The molecular weight excluding hydrogens is 1100 g/mol. The number of amidine groups is 2. The van der Waals surface area contributed by atoms with Crippen LogP contribution in [0.25, 0.3) is 0 Å². The molecule has 0 saturated heterocycles. The van der Waals surface area contributed by atoms with Crippen molar-refractivity contribution in [2.75, 3.05) is 26.4 Å². The minimum Gasteiger partial charge on any atom is -0.714 e. The van der Waals surface area contributed by atoms with Gasteiger partial charge >= 0.3 is 11.7 Å². The summed E-state index contributed by atoms with van der Waals surface area (Å²) in [5.74, 6) is 23.3. The van der Waals surface area contributed by atoms with Crippen molar-refractivity contribution in [2.45, 2.75) is 236 Å². The predicted octanol–water partition coefficient (Wildman–Crippen LogP) is 17.2. The molecule has 6 rings (SSSR count). The Bertz CT molecular complexity index is 2980. The van der Waals surface area contributed by atoms with Gasteiger partial charge in [-0.2, -0.15) is 0 Å². The zero-order chi connectivity index (χ0) is 64.4. The maximum absolute atomic E-state index is 14.2. The quantitative estimate of drug-likeness (QED) is 0.0286. The fourth-order valence-electron chi connectivity index (χ4n) is 10.9. The van der Waals surface area contributed by atoms with Crippen LogP contribution in [0.3, 0.4) is 0 Å². The lowest BCUT2D eigenvalue weighted by atomic mass is 9.84. The van der Waals surface area contributed by atoms with Crippen LogP contribution in [-0.4, -0.2) is 79.9 Å². The average Bonchev–Trinajstić information content (AvgIpc) is 1.59. The molecular formula is C76H104N4O8. The summed E-state index contributed by atoms with van der Waals surface area (Å²) in [7, 11) is 0. The molecule has 0 saturated carbocycles. The number of rotatable bonds is 30. The van der Waals surface area contributed by atoms with Gasteiger partial charge in [-0.05, 0) is 153 Å². The molecule has 0 bridgehead atoms. The standard InChI is InChI=1S/C76H104N4O8/c1-17-25-29-55(21-5)51-85-67-49-65(71-77(81)73(9,10)74(11,12)78(71)82)69(87-53-57(23-7)31-27-19-3)47-63(67)45-43-61-39-35-59(36-40-61)33-34-60-37-41-62(42-38-60)44-46-64-48-70(88-54-58(24-8)32-28-20-4)66(50-68(64)86-52-56(22-6)30-26-18-2)72-79(83)75(13,14)76(15,16)80(72)84/h35-42,47-50,55-58H,17-32,51-54H2,1-16H3. The van der Waals surface area contributed by atoms with E-state index >= 15 is 0 Å². The Labute approximate surface area is 530 Å². The van der Waals surface area contributed by atoms with E-state index in [1.807, 2.05) is 60.7 Å². The minimum atomic E-state index is -1.02. The second kappa shape index (κ2) is 32.1. The Kier molecular flexibility index (Phi) is 25.7. The lowest BCUT2D eigenvalue weighted by Gasteiger charge is -2.32. The monoisotopic (exact) mass is 1200 g/mol. The number of unbranched alkanes of at least 4 members (excludes halogenated alkanes) is 4. The maximum atomic E-state index is 14.2. The molecule has 476 valence electrons. The van der Waals surface area contributed by atoms with Gasteiger partial charge in [-0.15, -0.1) is 0 Å². The largest absolute Gasteiger partial charge is 0.714 e. The number of nitrogens with zero attached hydrogens (tertiary/aromatic N) is 4. The van der Waals surface area contributed by atoms with Gasteiger partial charge in [0.25, 0.3) is 0 Å². The Morgan fingerprint density at radius 3 is 0.875 bits per heavy atom. The second-order valence-corrected chi connectivity index (χ2v) is 26.6. The molecule has 2 aliphatic rings. The van der Waals surface area contributed by atoms with Crippen LogP contribution >= 0.6 is 0 Å². The zero-order valence-electron chi connectivity index (χ0n) is 56.4. The highest BCUT2D eigenvalue weighted by molar-refractivity contribution is 6.00. The van der Waals surface area contributed by atoms with Crippen molar-refractivity contribution >= 4 is 11.7 Å². The lowest BCUT2D eigenvalue weighted by Crippen LogP contribution is -2.53. The van der Waals surface area contributed by atoms with E-state index < -0.39 is 22.2 Å². The van der Waals surface area contributed by atoms with Crippen LogP contribution in [0.1, 0.15) is 258 Å². The number of benzene rings is 4. The number of hydrogen-bond donors (Lipinski definition) is 0. The lowest BCUT2D eigenvalue weighted by molar-refractivity contribution is -0.539. The molecule has 0 aromatic heterocycles. The average molecular weight is 1200 g/mol. The number of ether oxygens (including phenoxy) is 4. The highest BCUT2D eigenvalue weighted by atomic mass is 16.6. The summed E-state index contributed by atoms with van der Waals surface area (Å²) < 4.78 is 28.4. The first-order chi connectivity index (χ1) is 42.0. The third kappa shape index (κ3) is 16.7. The van der Waals surface area contributed by atoms with E-state index in [1.165, 1.54) is 0 Å². The van der Waals surface area contributed by atoms with Gasteiger partial charge < -0.3 is 29.4 Å². The third-order valence-corrected chi connectivity index (χ3v) is 19.3. The summed E-state index contributed by atoms with van der Waals surface area (Å²) in [4.78, 5) is 0. The summed E-state index contributed by atoms with van der Waals surface area (Å²) in [5, 5.41) is 58.5. The molecule has 4 unspecified atom stereocenters. The SMILES string of the molecule is CCCCC(CC)COc1cc(C2=[N+]([O-])C(C)(C)C(C)(C)N2[O])c(OCC(CC)CCCC)cc1C#Cc1ccc(C#Cc2ccc(C#Cc3cc(OCC(CC)CCCC)c(C4=[N+]([O-])C(C)(C)C(C)(C)N4[O])cc3OCC(CC)CCCC)cc2)cc1. The van der Waals surface area contributed by atoms with Gasteiger partial charge in [0, 0.05) is 56.9 Å². The molecule has 0 amide bonds. The Morgan fingerprint density at radius 1 is 0.398 bits per heavy atom. The molecule has 2 heterocycles. The number of hydroxylamine groups is 6. The van der Waals surface area contributed by atoms with Gasteiger partial charge in [-0.3, -0.25) is 9.48 Å². The van der Waals surface area contributed by atoms with Gasteiger partial charge in [-0.25, -0.2) is 0 Å². The van der Waals surface area contributed by atoms with Gasteiger partial charge in [-0.1, -0.05) is 178 Å². The maximum Gasteiger partial charge on any atom is 0.320 e. The predicted molar refractivity (Wildman–Crippen MR) is 356 cm³/mol. The molecule has 4 atom stereocenters. The van der Waals surface area contributed by atoms with Crippen molar-refractivity contribution in [2.24, 2.45) is 23.7 Å². The van der Waals surface area contributed by atoms with Crippen molar-refractivity contribution in [1.82, 2.24) is 10.1 Å².